The van der Waals surface area contributed by atoms with E-state index in [0.29, 0.717) is 18.7 Å². The lowest BCUT2D eigenvalue weighted by Gasteiger charge is -2.08. The van der Waals surface area contributed by atoms with Crippen molar-refractivity contribution in [2.75, 3.05) is 0 Å². The highest BCUT2D eigenvalue weighted by molar-refractivity contribution is 5.85. The predicted octanol–water partition coefficient (Wildman–Crippen LogP) is 4.29. The van der Waals surface area contributed by atoms with Crippen molar-refractivity contribution < 1.29 is 13.2 Å². The van der Waals surface area contributed by atoms with Gasteiger partial charge in [-0.2, -0.15) is 18.4 Å². The van der Waals surface area contributed by atoms with Crippen molar-refractivity contribution in [3.63, 3.8) is 0 Å². The van der Waals surface area contributed by atoms with Crippen LogP contribution in [-0.2, 0) is 19.3 Å². The quantitative estimate of drug-likeness (QED) is 0.909. The highest BCUT2D eigenvalue weighted by Gasteiger charge is 2.29. The predicted molar refractivity (Wildman–Crippen MR) is 80.4 cm³/mol. The van der Waals surface area contributed by atoms with Crippen LogP contribution >= 0.6 is 12.4 Å². The molecule has 0 bridgehead atoms. The van der Waals surface area contributed by atoms with Gasteiger partial charge in [-0.15, -0.1) is 12.4 Å². The van der Waals surface area contributed by atoms with Gasteiger partial charge in [-0.05, 0) is 35.4 Å². The van der Waals surface area contributed by atoms with E-state index in [1.807, 2.05) is 18.2 Å². The maximum atomic E-state index is 12.4. The summed E-state index contributed by atoms with van der Waals surface area (Å²) in [5.74, 6) is 0. The Kier molecular flexibility index (Phi) is 6.41. The highest BCUT2D eigenvalue weighted by Crippen LogP contribution is 2.29. The van der Waals surface area contributed by atoms with Crippen LogP contribution in [0.3, 0.4) is 0 Å². The van der Waals surface area contributed by atoms with Gasteiger partial charge in [0.2, 0.25) is 0 Å². The molecule has 0 unspecified atom stereocenters. The molecule has 2 nitrogen and oxygen atoms in total. The first kappa shape index (κ1) is 18.0. The van der Waals surface area contributed by atoms with E-state index in [9.17, 15) is 13.2 Å². The van der Waals surface area contributed by atoms with E-state index in [1.54, 1.807) is 12.1 Å². The van der Waals surface area contributed by atoms with Gasteiger partial charge in [0, 0.05) is 13.1 Å². The summed E-state index contributed by atoms with van der Waals surface area (Å²) >= 11 is 0. The molecule has 0 aliphatic carbocycles. The lowest BCUT2D eigenvalue weighted by molar-refractivity contribution is -0.137. The molecule has 6 heteroatoms. The van der Waals surface area contributed by atoms with Gasteiger partial charge < -0.3 is 5.32 Å². The molecular weight excluding hydrogens is 313 g/mol. The van der Waals surface area contributed by atoms with Crippen LogP contribution in [0.1, 0.15) is 22.3 Å². The van der Waals surface area contributed by atoms with Crippen LogP contribution in [-0.4, -0.2) is 0 Å². The molecule has 22 heavy (non-hydrogen) atoms. The maximum absolute atomic E-state index is 12.4. The smallest absolute Gasteiger partial charge is 0.309 e. The van der Waals surface area contributed by atoms with Crippen LogP contribution in [0, 0.1) is 11.3 Å². The van der Waals surface area contributed by atoms with Gasteiger partial charge in [-0.1, -0.05) is 24.3 Å². The average molecular weight is 327 g/mol. The minimum atomic E-state index is -4.30. The van der Waals surface area contributed by atoms with Gasteiger partial charge in [0.25, 0.3) is 0 Å². The average Bonchev–Trinajstić information content (AvgIpc) is 2.47. The molecule has 2 rings (SSSR count). The Balaban J connectivity index is 0.00000242. The van der Waals surface area contributed by atoms with E-state index < -0.39 is 11.7 Å². The van der Waals surface area contributed by atoms with E-state index in [-0.39, 0.29) is 12.4 Å². The van der Waals surface area contributed by atoms with Gasteiger partial charge in [-0.25, -0.2) is 0 Å². The Labute approximate surface area is 133 Å². The topological polar surface area (TPSA) is 35.8 Å². The van der Waals surface area contributed by atoms with Crippen molar-refractivity contribution in [3.8, 4) is 6.07 Å². The van der Waals surface area contributed by atoms with E-state index >= 15 is 0 Å². The largest absolute Gasteiger partial charge is 0.416 e. The fourth-order valence-corrected chi connectivity index (χ4v) is 1.86. The lowest BCUT2D eigenvalue weighted by atomic mass is 10.1. The van der Waals surface area contributed by atoms with Crippen molar-refractivity contribution in [3.05, 3.63) is 70.8 Å². The minimum Gasteiger partial charge on any atom is -0.309 e. The third-order valence-electron chi connectivity index (χ3n) is 3.02. The number of rotatable bonds is 4. The summed E-state index contributed by atoms with van der Waals surface area (Å²) < 4.78 is 37.2. The molecule has 0 spiro atoms. The molecule has 0 saturated heterocycles. The van der Waals surface area contributed by atoms with E-state index in [2.05, 4.69) is 5.32 Å². The molecule has 2 aromatic carbocycles. The molecule has 0 aromatic heterocycles. The second-order valence-electron chi connectivity index (χ2n) is 4.61. The monoisotopic (exact) mass is 326 g/mol. The van der Waals surface area contributed by atoms with Crippen molar-refractivity contribution in [2.24, 2.45) is 0 Å². The summed E-state index contributed by atoms with van der Waals surface area (Å²) in [6, 6.07) is 14.3. The van der Waals surface area contributed by atoms with Crippen molar-refractivity contribution in [2.45, 2.75) is 19.3 Å². The van der Waals surface area contributed by atoms with E-state index in [1.165, 1.54) is 12.1 Å². The second-order valence-corrected chi connectivity index (χ2v) is 4.61. The first-order chi connectivity index (χ1) is 9.99. The number of halogens is 4. The molecule has 0 aliphatic heterocycles. The zero-order valence-electron chi connectivity index (χ0n) is 11.5. The Morgan fingerprint density at radius 3 is 1.73 bits per heavy atom. The summed E-state index contributed by atoms with van der Waals surface area (Å²) in [6.07, 6.45) is -4.30. The lowest BCUT2D eigenvalue weighted by Crippen LogP contribution is -2.13. The van der Waals surface area contributed by atoms with Gasteiger partial charge >= 0.3 is 6.18 Å². The summed E-state index contributed by atoms with van der Waals surface area (Å²) in [5.41, 5.74) is 1.76. The number of benzene rings is 2. The third-order valence-corrected chi connectivity index (χ3v) is 3.02. The summed E-state index contributed by atoms with van der Waals surface area (Å²) in [4.78, 5) is 0. The van der Waals surface area contributed by atoms with Gasteiger partial charge in [0.15, 0.2) is 0 Å². The Morgan fingerprint density at radius 2 is 1.32 bits per heavy atom. The van der Waals surface area contributed by atoms with Crippen LogP contribution in [0.15, 0.2) is 48.5 Å². The molecule has 0 heterocycles. The molecule has 0 aliphatic rings. The van der Waals surface area contributed by atoms with Crippen molar-refractivity contribution in [1.29, 1.82) is 5.26 Å². The molecule has 1 N–H and O–H groups in total. The summed E-state index contributed by atoms with van der Waals surface area (Å²) in [7, 11) is 0. The van der Waals surface area contributed by atoms with Gasteiger partial charge in [0.1, 0.15) is 0 Å². The molecular formula is C16H14ClF3N2. The maximum Gasteiger partial charge on any atom is 0.416 e. The fraction of sp³-hybridized carbons (Fsp3) is 0.188. The number of hydrogen-bond donors (Lipinski definition) is 1. The second kappa shape index (κ2) is 7.83. The summed E-state index contributed by atoms with van der Waals surface area (Å²) in [6.45, 7) is 1.07. The third kappa shape index (κ3) is 5.06. The molecule has 0 saturated carbocycles. The van der Waals surface area contributed by atoms with Crippen LogP contribution < -0.4 is 5.32 Å². The van der Waals surface area contributed by atoms with Gasteiger partial charge in [0.05, 0.1) is 17.2 Å². The van der Waals surface area contributed by atoms with Crippen LogP contribution in [0.25, 0.3) is 0 Å². The standard InChI is InChI=1S/C16H13F3N2.ClH/c17-16(18,19)15-7-5-14(6-8-15)11-21-10-13-3-1-12(9-20)2-4-13;/h1-8,21H,10-11H2;1H. The Bertz CT molecular complexity index is 628. The number of nitrogens with zero attached hydrogens (tertiary/aromatic N) is 1. The van der Waals surface area contributed by atoms with Crippen LogP contribution in [0.5, 0.6) is 0 Å². The fourth-order valence-electron chi connectivity index (χ4n) is 1.86. The Morgan fingerprint density at radius 1 is 0.864 bits per heavy atom. The first-order valence-corrected chi connectivity index (χ1v) is 6.35. The minimum absolute atomic E-state index is 0. The number of hydrogen-bond acceptors (Lipinski definition) is 2. The van der Waals surface area contributed by atoms with Crippen molar-refractivity contribution in [1.82, 2.24) is 5.32 Å². The SMILES string of the molecule is Cl.N#Cc1ccc(CNCc2ccc(C(F)(F)F)cc2)cc1. The molecule has 0 amide bonds. The zero-order valence-corrected chi connectivity index (χ0v) is 12.3. The molecule has 116 valence electrons. The number of alkyl halides is 3. The van der Waals surface area contributed by atoms with E-state index in [0.717, 1.165) is 23.3 Å². The summed E-state index contributed by atoms with van der Waals surface area (Å²) in [5, 5.41) is 11.8. The first-order valence-electron chi connectivity index (χ1n) is 6.35. The van der Waals surface area contributed by atoms with Crippen LogP contribution in [0.2, 0.25) is 0 Å². The Hall–Kier alpha value is -2.03. The van der Waals surface area contributed by atoms with Crippen LogP contribution in [0.4, 0.5) is 13.2 Å². The normalized spacial score (nSPS) is 10.6. The molecule has 0 fully saturated rings. The van der Waals surface area contributed by atoms with Gasteiger partial charge in [-0.3, -0.25) is 0 Å². The molecule has 0 atom stereocenters. The molecule has 0 radical (unpaired) electrons. The molecule has 2 aromatic rings. The highest BCUT2D eigenvalue weighted by atomic mass is 35.5. The number of nitrogens with one attached hydrogen (secondary N) is 1. The zero-order chi connectivity index (χ0) is 15.3. The van der Waals surface area contributed by atoms with Crippen molar-refractivity contribution >= 4 is 12.4 Å². The van der Waals surface area contributed by atoms with E-state index in [4.69, 9.17) is 5.26 Å². The number of nitriles is 1.